The van der Waals surface area contributed by atoms with Crippen LogP contribution >= 0.6 is 0 Å². The predicted octanol–water partition coefficient (Wildman–Crippen LogP) is 1.23. The summed E-state index contributed by atoms with van der Waals surface area (Å²) < 4.78 is 35.0. The van der Waals surface area contributed by atoms with Gasteiger partial charge in [-0.2, -0.15) is 0 Å². The van der Waals surface area contributed by atoms with Crippen LogP contribution in [0.5, 0.6) is 11.5 Å². The van der Waals surface area contributed by atoms with Gasteiger partial charge in [0, 0.05) is 18.7 Å². The molecule has 1 amide bonds. The highest BCUT2D eigenvalue weighted by molar-refractivity contribution is 7.91. The maximum atomic E-state index is 12.7. The number of benzene rings is 1. The number of nitrogens with zero attached hydrogens (tertiary/aromatic N) is 2. The van der Waals surface area contributed by atoms with Crippen LogP contribution in [0.15, 0.2) is 12.1 Å². The van der Waals surface area contributed by atoms with Crippen LogP contribution in [0.2, 0.25) is 0 Å². The molecule has 0 N–H and O–H groups in total. The Hall–Kier alpha value is -2.13. The molecule has 4 rings (SSSR count). The highest BCUT2D eigenvalue weighted by Crippen LogP contribution is 2.40. The van der Waals surface area contributed by atoms with Crippen LogP contribution in [0.4, 0.5) is 5.69 Å². The number of ketones is 1. The largest absolute Gasteiger partial charge is 0.486 e. The van der Waals surface area contributed by atoms with Crippen molar-refractivity contribution in [2.24, 2.45) is 0 Å². The summed E-state index contributed by atoms with van der Waals surface area (Å²) in [5.74, 6) is 0.0864. The van der Waals surface area contributed by atoms with E-state index in [0.29, 0.717) is 48.9 Å². The van der Waals surface area contributed by atoms with Gasteiger partial charge in [-0.1, -0.05) is 13.3 Å². The highest BCUT2D eigenvalue weighted by Gasteiger charge is 2.40. The zero-order chi connectivity index (χ0) is 19.9. The summed E-state index contributed by atoms with van der Waals surface area (Å²) in [6, 6.07) is 3.11. The Kier molecular flexibility index (Phi) is 5.05. The van der Waals surface area contributed by atoms with E-state index in [1.54, 1.807) is 12.1 Å². The standard InChI is InChI=1S/C19H24N2O6S/c1-2-3-5-20(13-4-8-28(24,25)11-13)12-21-15-10-17-16(26-6-7-27-17)9-14(15)18(22)19(21)23/h9-10,13H,2-8,11-12H2,1H3. The van der Waals surface area contributed by atoms with Crippen LogP contribution in [0.25, 0.3) is 0 Å². The number of carbonyl (C=O) groups excluding carboxylic acids is 2. The average molecular weight is 408 g/mol. The van der Waals surface area contributed by atoms with E-state index in [4.69, 9.17) is 9.47 Å². The molecular formula is C19H24N2O6S. The molecule has 1 fully saturated rings. The summed E-state index contributed by atoms with van der Waals surface area (Å²) in [5.41, 5.74) is 0.810. The molecule has 3 aliphatic heterocycles. The third-order valence-corrected chi connectivity index (χ3v) is 7.23. The van der Waals surface area contributed by atoms with Gasteiger partial charge in [-0.25, -0.2) is 8.42 Å². The van der Waals surface area contributed by atoms with E-state index >= 15 is 0 Å². The third-order valence-electron chi connectivity index (χ3n) is 5.48. The van der Waals surface area contributed by atoms with Crippen LogP contribution in [0.3, 0.4) is 0 Å². The van der Waals surface area contributed by atoms with E-state index in [9.17, 15) is 18.0 Å². The number of ether oxygens (including phenoxy) is 2. The van der Waals surface area contributed by atoms with E-state index in [2.05, 4.69) is 6.92 Å². The van der Waals surface area contributed by atoms with Gasteiger partial charge in [-0.15, -0.1) is 0 Å². The molecule has 1 atom stereocenters. The highest BCUT2D eigenvalue weighted by atomic mass is 32.2. The third kappa shape index (κ3) is 3.48. The molecule has 1 aromatic rings. The predicted molar refractivity (Wildman–Crippen MR) is 103 cm³/mol. The van der Waals surface area contributed by atoms with Crippen LogP contribution in [-0.4, -0.2) is 69.0 Å². The molecule has 3 aliphatic rings. The molecule has 0 aromatic heterocycles. The molecule has 0 saturated carbocycles. The fraction of sp³-hybridized carbons (Fsp3) is 0.579. The number of rotatable bonds is 6. The van der Waals surface area contributed by atoms with Crippen molar-refractivity contribution in [2.75, 3.05) is 42.8 Å². The first-order chi connectivity index (χ1) is 13.4. The molecule has 0 radical (unpaired) electrons. The van der Waals surface area contributed by atoms with Crippen molar-refractivity contribution in [3.8, 4) is 11.5 Å². The number of Topliss-reactive ketones (excluding diaryl/α,β-unsaturated/α-hetero) is 1. The van der Waals surface area contributed by atoms with Gasteiger partial charge in [0.15, 0.2) is 21.3 Å². The molecule has 1 aromatic carbocycles. The minimum Gasteiger partial charge on any atom is -0.486 e. The fourth-order valence-electron chi connectivity index (χ4n) is 3.95. The molecule has 3 heterocycles. The molecule has 0 bridgehead atoms. The number of amides is 1. The number of unbranched alkanes of at least 4 members (excludes halogenated alkanes) is 1. The minimum atomic E-state index is -3.04. The Morgan fingerprint density at radius 1 is 1.18 bits per heavy atom. The van der Waals surface area contributed by atoms with Crippen LogP contribution in [-0.2, 0) is 14.6 Å². The average Bonchev–Trinajstić information content (AvgIpc) is 3.15. The lowest BCUT2D eigenvalue weighted by Crippen LogP contribution is -2.46. The Balaban J connectivity index is 1.62. The summed E-state index contributed by atoms with van der Waals surface area (Å²) in [7, 11) is -3.04. The monoisotopic (exact) mass is 408 g/mol. The summed E-state index contributed by atoms with van der Waals surface area (Å²) >= 11 is 0. The summed E-state index contributed by atoms with van der Waals surface area (Å²) in [4.78, 5) is 28.6. The van der Waals surface area contributed by atoms with Gasteiger partial charge in [0.2, 0.25) is 0 Å². The molecule has 9 heteroatoms. The Morgan fingerprint density at radius 3 is 2.54 bits per heavy atom. The van der Waals surface area contributed by atoms with Crippen molar-refractivity contribution >= 4 is 27.2 Å². The van der Waals surface area contributed by atoms with Gasteiger partial charge in [0.25, 0.3) is 5.78 Å². The van der Waals surface area contributed by atoms with Crippen molar-refractivity contribution < 1.29 is 27.5 Å². The van der Waals surface area contributed by atoms with E-state index in [-0.39, 0.29) is 24.2 Å². The topological polar surface area (TPSA) is 93.2 Å². The van der Waals surface area contributed by atoms with Crippen molar-refractivity contribution in [2.45, 2.75) is 32.2 Å². The van der Waals surface area contributed by atoms with Gasteiger partial charge < -0.3 is 9.47 Å². The van der Waals surface area contributed by atoms with E-state index in [0.717, 1.165) is 12.8 Å². The van der Waals surface area contributed by atoms with Crippen LogP contribution < -0.4 is 14.4 Å². The lowest BCUT2D eigenvalue weighted by molar-refractivity contribution is -0.114. The second-order valence-electron chi connectivity index (χ2n) is 7.44. The molecule has 0 aliphatic carbocycles. The lowest BCUT2D eigenvalue weighted by Gasteiger charge is -2.32. The first-order valence-corrected chi connectivity index (χ1v) is 11.5. The van der Waals surface area contributed by atoms with Crippen LogP contribution in [0, 0.1) is 0 Å². The van der Waals surface area contributed by atoms with Gasteiger partial charge >= 0.3 is 5.91 Å². The quantitative estimate of drug-likeness (QED) is 0.654. The molecule has 152 valence electrons. The number of sulfone groups is 1. The molecule has 8 nitrogen and oxygen atoms in total. The molecule has 28 heavy (non-hydrogen) atoms. The van der Waals surface area contributed by atoms with Gasteiger partial charge in [0.1, 0.15) is 13.2 Å². The zero-order valence-electron chi connectivity index (χ0n) is 15.8. The van der Waals surface area contributed by atoms with Crippen molar-refractivity contribution in [3.63, 3.8) is 0 Å². The maximum absolute atomic E-state index is 12.7. The van der Waals surface area contributed by atoms with E-state index < -0.39 is 21.5 Å². The number of anilines is 1. The Labute approximate surface area is 164 Å². The van der Waals surface area contributed by atoms with Gasteiger partial charge in [-0.05, 0) is 18.9 Å². The zero-order valence-corrected chi connectivity index (χ0v) is 16.7. The van der Waals surface area contributed by atoms with Crippen molar-refractivity contribution in [3.05, 3.63) is 17.7 Å². The SMILES string of the molecule is CCCCN(CN1C(=O)C(=O)c2cc3c(cc21)OCCO3)C1CCS(=O)(=O)C1. The number of carbonyl (C=O) groups is 2. The normalized spacial score (nSPS) is 22.8. The maximum Gasteiger partial charge on any atom is 0.300 e. The number of fused-ring (bicyclic) bond motifs is 2. The summed E-state index contributed by atoms with van der Waals surface area (Å²) in [6.07, 6.45) is 2.40. The van der Waals surface area contributed by atoms with Crippen molar-refractivity contribution in [1.29, 1.82) is 0 Å². The second kappa shape index (κ2) is 7.36. The first-order valence-electron chi connectivity index (χ1n) is 9.64. The molecular weight excluding hydrogens is 384 g/mol. The van der Waals surface area contributed by atoms with Gasteiger partial charge in [0.05, 0.1) is 29.4 Å². The molecule has 0 spiro atoms. The Morgan fingerprint density at radius 2 is 1.89 bits per heavy atom. The van der Waals surface area contributed by atoms with E-state index in [1.165, 1.54) is 4.90 Å². The summed E-state index contributed by atoms with van der Waals surface area (Å²) in [5, 5.41) is 0. The lowest BCUT2D eigenvalue weighted by atomic mass is 10.1. The Bertz CT molecular complexity index is 913. The van der Waals surface area contributed by atoms with Crippen molar-refractivity contribution in [1.82, 2.24) is 4.90 Å². The van der Waals surface area contributed by atoms with E-state index in [1.807, 2.05) is 4.90 Å². The second-order valence-corrected chi connectivity index (χ2v) is 9.67. The molecule has 1 saturated heterocycles. The van der Waals surface area contributed by atoms with Crippen LogP contribution in [0.1, 0.15) is 36.5 Å². The first kappa shape index (κ1) is 19.2. The van der Waals surface area contributed by atoms with Gasteiger partial charge in [-0.3, -0.25) is 19.4 Å². The molecule has 1 unspecified atom stereocenters. The fourth-order valence-corrected chi connectivity index (χ4v) is 5.71. The minimum absolute atomic E-state index is 0.0979. The summed E-state index contributed by atoms with van der Waals surface area (Å²) in [6.45, 7) is 3.74. The smallest absolute Gasteiger partial charge is 0.300 e. The number of hydrogen-bond donors (Lipinski definition) is 0. The number of hydrogen-bond acceptors (Lipinski definition) is 7.